The monoisotopic (exact) mass is 356 g/mol. The Balaban J connectivity index is 0.00000264. The number of aliphatic carboxylic acids is 1. The van der Waals surface area contributed by atoms with E-state index in [1.807, 2.05) is 0 Å². The number of unbranched alkanes of at least 4 members (excludes halogenated alkanes) is 1. The molecule has 6 nitrogen and oxygen atoms in total. The Hall–Kier alpha value is 0.660. The molecule has 3 aliphatic heterocycles. The summed E-state index contributed by atoms with van der Waals surface area (Å²) in [6, 6.07) is 0. The Morgan fingerprint density at radius 2 is 2.00 bits per heavy atom. The number of ether oxygens (including phenoxy) is 2. The zero-order chi connectivity index (χ0) is 15.9. The van der Waals surface area contributed by atoms with E-state index in [2.05, 4.69) is 0 Å². The van der Waals surface area contributed by atoms with Crippen molar-refractivity contribution in [2.24, 2.45) is 5.92 Å². The molecule has 5 atom stereocenters. The van der Waals surface area contributed by atoms with Crippen LogP contribution < -0.4 is 34.7 Å². The summed E-state index contributed by atoms with van der Waals surface area (Å²) in [5.41, 5.74) is 0. The second-order valence-corrected chi connectivity index (χ2v) is 7.11. The van der Waals surface area contributed by atoms with Gasteiger partial charge in [-0.3, -0.25) is 0 Å². The summed E-state index contributed by atoms with van der Waals surface area (Å²) in [5, 5.41) is 30.7. The Bertz CT molecular complexity index is 357. The summed E-state index contributed by atoms with van der Waals surface area (Å²) in [5.74, 6) is 0.503. The number of carboxylic acid groups (broad SMARTS) is 1. The molecule has 3 rings (SSSR count). The van der Waals surface area contributed by atoms with Crippen molar-refractivity contribution in [3.05, 3.63) is 0 Å². The normalized spacial score (nSPS) is 34.1. The summed E-state index contributed by atoms with van der Waals surface area (Å²) in [6.07, 6.45) is 1.58. The number of carbonyl (C=O) groups is 1. The van der Waals surface area contributed by atoms with Crippen molar-refractivity contribution in [1.29, 1.82) is 0 Å². The van der Waals surface area contributed by atoms with Gasteiger partial charge in [-0.1, -0.05) is 6.42 Å². The van der Waals surface area contributed by atoms with Gasteiger partial charge in [-0.05, 0) is 37.9 Å². The molecule has 3 saturated heterocycles. The molecule has 8 heteroatoms. The third-order valence-corrected chi connectivity index (χ3v) is 5.41. The maximum Gasteiger partial charge on any atom is 1.00 e. The van der Waals surface area contributed by atoms with Crippen molar-refractivity contribution < 1.29 is 59.1 Å². The van der Waals surface area contributed by atoms with Gasteiger partial charge in [0.25, 0.3) is 0 Å². The number of aliphatic hydroxyl groups is 2. The van der Waals surface area contributed by atoms with E-state index in [1.165, 1.54) is 0 Å². The number of thioether (sulfide) groups is 1. The molecule has 3 fully saturated rings. The summed E-state index contributed by atoms with van der Waals surface area (Å²) in [7, 11) is 0. The average Bonchev–Trinajstić information content (AvgIpc) is 2.62. The van der Waals surface area contributed by atoms with Crippen LogP contribution in [0.25, 0.3) is 0 Å². The minimum Gasteiger partial charge on any atom is -0.550 e. The van der Waals surface area contributed by atoms with Crippen molar-refractivity contribution in [1.82, 2.24) is 0 Å². The largest absolute Gasteiger partial charge is 1.00 e. The van der Waals surface area contributed by atoms with Crippen LogP contribution in [0.15, 0.2) is 0 Å². The van der Waals surface area contributed by atoms with Crippen molar-refractivity contribution in [2.45, 2.75) is 63.1 Å². The van der Waals surface area contributed by atoms with Crippen LogP contribution >= 0.6 is 11.8 Å². The third-order valence-electron chi connectivity index (χ3n) is 4.27. The van der Waals surface area contributed by atoms with Crippen molar-refractivity contribution in [2.75, 3.05) is 18.1 Å². The van der Waals surface area contributed by atoms with Crippen LogP contribution in [0.3, 0.4) is 0 Å². The fraction of sp³-hybridized carbons (Fsp3) is 0.933. The number of rotatable bonds is 7. The van der Waals surface area contributed by atoms with Gasteiger partial charge in [-0.25, -0.2) is 0 Å². The third kappa shape index (κ3) is 6.82. The second-order valence-electron chi connectivity index (χ2n) is 5.96. The SMILES string of the molecule is O=C([O-])CCCCSCC1OC2OCCCCC1C(O)C2O.[Na+]. The van der Waals surface area contributed by atoms with E-state index in [0.717, 1.165) is 37.2 Å². The van der Waals surface area contributed by atoms with E-state index in [0.29, 0.717) is 13.0 Å². The van der Waals surface area contributed by atoms with Crippen molar-refractivity contribution in [3.8, 4) is 0 Å². The van der Waals surface area contributed by atoms with Gasteiger partial charge in [0.05, 0.1) is 12.2 Å². The Kier molecular flexibility index (Phi) is 10.7. The molecule has 0 aromatic heterocycles. The van der Waals surface area contributed by atoms with Gasteiger partial charge in [0.1, 0.15) is 6.10 Å². The summed E-state index contributed by atoms with van der Waals surface area (Å²) in [4.78, 5) is 10.3. The first-order valence-electron chi connectivity index (χ1n) is 8.00. The zero-order valence-corrected chi connectivity index (χ0v) is 16.5. The number of fused-ring (bicyclic) bond motifs is 6. The van der Waals surface area contributed by atoms with Gasteiger partial charge in [0.15, 0.2) is 6.29 Å². The minimum absolute atomic E-state index is 0. The topological polar surface area (TPSA) is 99.1 Å². The first kappa shape index (κ1) is 21.7. The summed E-state index contributed by atoms with van der Waals surface area (Å²) >= 11 is 1.69. The Morgan fingerprint density at radius 1 is 1.22 bits per heavy atom. The molecular weight excluding hydrogens is 331 g/mol. The molecule has 2 bridgehead atoms. The van der Waals surface area contributed by atoms with E-state index < -0.39 is 24.5 Å². The molecule has 23 heavy (non-hydrogen) atoms. The molecule has 2 N–H and O–H groups in total. The van der Waals surface area contributed by atoms with Gasteiger partial charge in [-0.2, -0.15) is 11.8 Å². The zero-order valence-electron chi connectivity index (χ0n) is 13.7. The number of carbonyl (C=O) groups excluding carboxylic acids is 1. The first-order chi connectivity index (χ1) is 10.6. The maximum atomic E-state index is 10.3. The predicted molar refractivity (Wildman–Crippen MR) is 80.2 cm³/mol. The molecule has 0 spiro atoms. The maximum absolute atomic E-state index is 10.3. The van der Waals surface area contributed by atoms with Crippen LogP contribution in [-0.4, -0.2) is 58.9 Å². The fourth-order valence-corrected chi connectivity index (χ4v) is 4.13. The molecule has 0 radical (unpaired) electrons. The van der Waals surface area contributed by atoms with E-state index in [1.54, 1.807) is 11.8 Å². The van der Waals surface area contributed by atoms with E-state index in [4.69, 9.17) is 9.47 Å². The molecule has 3 aliphatic rings. The molecule has 0 aromatic rings. The molecular formula is C15H25NaO6S. The van der Waals surface area contributed by atoms with Crippen LogP contribution in [0.5, 0.6) is 0 Å². The molecule has 3 heterocycles. The van der Waals surface area contributed by atoms with E-state index >= 15 is 0 Å². The summed E-state index contributed by atoms with van der Waals surface area (Å²) in [6.45, 7) is 0.546. The van der Waals surface area contributed by atoms with Crippen LogP contribution in [0.4, 0.5) is 0 Å². The number of carboxylic acids is 1. The molecule has 128 valence electrons. The molecule has 0 amide bonds. The molecule has 0 aromatic carbocycles. The van der Waals surface area contributed by atoms with Crippen LogP contribution in [0.2, 0.25) is 0 Å². The Labute approximate surface area is 163 Å². The second kappa shape index (κ2) is 11.3. The standard InChI is InChI=1S/C15H26O6S.Na/c16-12(17)6-2-4-8-22-9-11-10-5-1-3-7-20-15(21-11)14(19)13(10)18;/h10-11,13-15,18-19H,1-9H2,(H,16,17);/q;+1/p-1. The van der Waals surface area contributed by atoms with Gasteiger partial charge < -0.3 is 29.6 Å². The fourth-order valence-electron chi connectivity index (χ4n) is 3.00. The number of hydrogen-bond donors (Lipinski definition) is 2. The van der Waals surface area contributed by atoms with Gasteiger partial charge >= 0.3 is 29.6 Å². The number of hydrogen-bond acceptors (Lipinski definition) is 7. The van der Waals surface area contributed by atoms with Crippen molar-refractivity contribution >= 4 is 17.7 Å². The molecule has 5 unspecified atom stereocenters. The summed E-state index contributed by atoms with van der Waals surface area (Å²) < 4.78 is 11.4. The van der Waals surface area contributed by atoms with Gasteiger partial charge in [0, 0.05) is 24.2 Å². The van der Waals surface area contributed by atoms with Crippen LogP contribution in [0.1, 0.15) is 38.5 Å². The van der Waals surface area contributed by atoms with E-state index in [9.17, 15) is 20.1 Å². The minimum atomic E-state index is -1.00. The number of aliphatic hydroxyl groups excluding tert-OH is 2. The van der Waals surface area contributed by atoms with Crippen molar-refractivity contribution in [3.63, 3.8) is 0 Å². The van der Waals surface area contributed by atoms with Crippen LogP contribution in [0, 0.1) is 5.92 Å². The molecule has 0 saturated carbocycles. The van der Waals surface area contributed by atoms with Gasteiger partial charge in [-0.15, -0.1) is 0 Å². The van der Waals surface area contributed by atoms with Crippen LogP contribution in [-0.2, 0) is 14.3 Å². The first-order valence-corrected chi connectivity index (χ1v) is 9.16. The smallest absolute Gasteiger partial charge is 0.550 e. The predicted octanol–water partition coefficient (Wildman–Crippen LogP) is -3.09. The Morgan fingerprint density at radius 3 is 2.74 bits per heavy atom. The quantitative estimate of drug-likeness (QED) is 0.368. The van der Waals surface area contributed by atoms with Gasteiger partial charge in [0.2, 0.25) is 0 Å². The average molecular weight is 356 g/mol. The van der Waals surface area contributed by atoms with E-state index in [-0.39, 0.29) is 48.0 Å². The molecule has 0 aliphatic carbocycles.